The van der Waals surface area contributed by atoms with E-state index in [4.69, 9.17) is 9.15 Å². The van der Waals surface area contributed by atoms with Crippen molar-refractivity contribution >= 4 is 16.7 Å². The number of fused-ring (bicyclic) bond motifs is 1. The monoisotopic (exact) mass is 405 g/mol. The number of hydrogen-bond acceptors (Lipinski definition) is 8. The molecule has 0 aliphatic heterocycles. The molecule has 150 valence electrons. The summed E-state index contributed by atoms with van der Waals surface area (Å²) in [4.78, 5) is 30.8. The lowest BCUT2D eigenvalue weighted by Gasteiger charge is -2.08. The van der Waals surface area contributed by atoms with Gasteiger partial charge in [-0.15, -0.1) is 0 Å². The zero-order valence-electron chi connectivity index (χ0n) is 15.5. The van der Waals surface area contributed by atoms with Gasteiger partial charge in [0.1, 0.15) is 17.1 Å². The van der Waals surface area contributed by atoms with Gasteiger partial charge in [-0.1, -0.05) is 12.1 Å². The Hall–Kier alpha value is -4.27. The lowest BCUT2D eigenvalue weighted by Crippen LogP contribution is -2.09. The van der Waals surface area contributed by atoms with Crippen LogP contribution in [0.15, 0.2) is 70.1 Å². The topological polar surface area (TPSA) is 129 Å². The van der Waals surface area contributed by atoms with Crippen LogP contribution in [0, 0.1) is 10.1 Å². The van der Waals surface area contributed by atoms with Crippen LogP contribution >= 0.6 is 0 Å². The van der Waals surface area contributed by atoms with Gasteiger partial charge in [0.2, 0.25) is 0 Å². The van der Waals surface area contributed by atoms with Gasteiger partial charge in [-0.3, -0.25) is 10.1 Å². The third-order valence-corrected chi connectivity index (χ3v) is 4.48. The number of non-ortho nitro benzene ring substituents is 1. The van der Waals surface area contributed by atoms with E-state index in [0.29, 0.717) is 23.1 Å². The van der Waals surface area contributed by atoms with Crippen LogP contribution in [-0.4, -0.2) is 20.0 Å². The van der Waals surface area contributed by atoms with Gasteiger partial charge < -0.3 is 14.3 Å². The maximum atomic E-state index is 12.4. The van der Waals surface area contributed by atoms with Gasteiger partial charge in [0.25, 0.3) is 5.69 Å². The van der Waals surface area contributed by atoms with Gasteiger partial charge in [0, 0.05) is 30.6 Å². The molecule has 9 nitrogen and oxygen atoms in total. The summed E-state index contributed by atoms with van der Waals surface area (Å²) in [5, 5.41) is 21.9. The molecule has 0 unspecified atom stereocenters. The molecular formula is C21H15N3O6. The van der Waals surface area contributed by atoms with Crippen LogP contribution in [0.2, 0.25) is 0 Å². The molecule has 0 saturated carbocycles. The number of benzene rings is 2. The lowest BCUT2D eigenvalue weighted by molar-refractivity contribution is -0.384. The first kappa shape index (κ1) is 19.1. The Balaban J connectivity index is 1.60. The summed E-state index contributed by atoms with van der Waals surface area (Å²) in [6, 6.07) is 12.6. The van der Waals surface area contributed by atoms with Crippen LogP contribution in [0.25, 0.3) is 11.0 Å². The molecule has 30 heavy (non-hydrogen) atoms. The molecule has 9 heteroatoms. The average molecular weight is 405 g/mol. The molecular weight excluding hydrogens is 390 g/mol. The van der Waals surface area contributed by atoms with Crippen LogP contribution in [0.4, 0.5) is 5.69 Å². The van der Waals surface area contributed by atoms with Crippen LogP contribution in [0.5, 0.6) is 17.5 Å². The number of nitrogens with zero attached hydrogens (tertiary/aromatic N) is 3. The highest BCUT2D eigenvalue weighted by Gasteiger charge is 2.16. The molecule has 0 spiro atoms. The van der Waals surface area contributed by atoms with Gasteiger partial charge >= 0.3 is 11.6 Å². The van der Waals surface area contributed by atoms with Gasteiger partial charge in [0.05, 0.1) is 15.9 Å². The van der Waals surface area contributed by atoms with E-state index in [1.54, 1.807) is 30.3 Å². The predicted molar refractivity (Wildman–Crippen MR) is 107 cm³/mol. The first-order valence-corrected chi connectivity index (χ1v) is 8.98. The first-order chi connectivity index (χ1) is 14.5. The summed E-state index contributed by atoms with van der Waals surface area (Å²) in [7, 11) is 0. The summed E-state index contributed by atoms with van der Waals surface area (Å²) < 4.78 is 10.9. The van der Waals surface area contributed by atoms with E-state index in [1.165, 1.54) is 30.6 Å². The first-order valence-electron chi connectivity index (χ1n) is 8.98. The van der Waals surface area contributed by atoms with E-state index in [2.05, 4.69) is 9.97 Å². The highest BCUT2D eigenvalue weighted by atomic mass is 16.6. The maximum Gasteiger partial charge on any atom is 0.343 e. The number of nitro benzene ring substituents is 1. The second-order valence-electron chi connectivity index (χ2n) is 6.44. The van der Waals surface area contributed by atoms with Crippen molar-refractivity contribution in [3.63, 3.8) is 0 Å². The Morgan fingerprint density at radius 2 is 1.87 bits per heavy atom. The molecule has 0 saturated heterocycles. The minimum Gasteiger partial charge on any atom is -0.507 e. The minimum absolute atomic E-state index is 0.0304. The third-order valence-electron chi connectivity index (χ3n) is 4.48. The summed E-state index contributed by atoms with van der Waals surface area (Å²) in [6.45, 7) is 0. The number of hydrogen-bond donors (Lipinski definition) is 1. The Bertz CT molecular complexity index is 1290. The van der Waals surface area contributed by atoms with Crippen molar-refractivity contribution in [2.24, 2.45) is 0 Å². The molecule has 0 bridgehead atoms. The maximum absolute atomic E-state index is 12.4. The summed E-state index contributed by atoms with van der Waals surface area (Å²) in [5.74, 6) is 0.162. The molecule has 4 aromatic rings. The normalized spacial score (nSPS) is 10.8. The van der Waals surface area contributed by atoms with Crippen LogP contribution < -0.4 is 10.4 Å². The van der Waals surface area contributed by atoms with E-state index in [1.807, 2.05) is 0 Å². The number of ether oxygens (including phenoxy) is 1. The smallest absolute Gasteiger partial charge is 0.343 e. The molecule has 0 fully saturated rings. The molecule has 2 aromatic carbocycles. The fourth-order valence-electron chi connectivity index (χ4n) is 3.03. The lowest BCUT2D eigenvalue weighted by atomic mass is 10.0. The predicted octanol–water partition coefficient (Wildman–Crippen LogP) is 3.77. The Kier molecular flexibility index (Phi) is 5.08. The molecule has 0 aliphatic carbocycles. The highest BCUT2D eigenvalue weighted by Crippen LogP contribution is 2.31. The second-order valence-corrected chi connectivity index (χ2v) is 6.44. The number of aryl methyl sites for hydroxylation is 1. The van der Waals surface area contributed by atoms with E-state index in [-0.39, 0.29) is 35.0 Å². The number of aromatic hydroxyl groups is 1. The summed E-state index contributed by atoms with van der Waals surface area (Å²) in [6.07, 6.45) is 3.56. The molecule has 4 rings (SSSR count). The van der Waals surface area contributed by atoms with Crippen molar-refractivity contribution in [3.8, 4) is 17.5 Å². The van der Waals surface area contributed by atoms with E-state index >= 15 is 0 Å². The average Bonchev–Trinajstić information content (AvgIpc) is 2.74. The van der Waals surface area contributed by atoms with E-state index < -0.39 is 10.5 Å². The number of rotatable bonds is 6. The van der Waals surface area contributed by atoms with Crippen molar-refractivity contribution in [1.82, 2.24) is 9.97 Å². The number of nitro groups is 1. The highest BCUT2D eigenvalue weighted by molar-refractivity contribution is 5.85. The Labute approximate surface area is 169 Å². The van der Waals surface area contributed by atoms with Gasteiger partial charge in [0.15, 0.2) is 0 Å². The SMILES string of the molecule is O=c1oc2cc(Oc3ncccn3)ccc2c(O)c1CCc1cccc([N+](=O)[O-])c1. The standard InChI is InChI=1S/C21H15N3O6/c25-19-16-8-6-15(29-21-22-9-2-10-23-21)12-18(16)30-20(26)17(19)7-5-13-3-1-4-14(11-13)24(27)28/h1-4,6,8-12,25H,5,7H2. The van der Waals surface area contributed by atoms with Crippen molar-refractivity contribution in [1.29, 1.82) is 0 Å². The fraction of sp³-hybridized carbons (Fsp3) is 0.0952. The van der Waals surface area contributed by atoms with Gasteiger partial charge in [-0.25, -0.2) is 14.8 Å². The van der Waals surface area contributed by atoms with E-state index in [0.717, 1.165) is 0 Å². The summed E-state index contributed by atoms with van der Waals surface area (Å²) in [5.41, 5.74) is 0.226. The van der Waals surface area contributed by atoms with Crippen LogP contribution in [-0.2, 0) is 12.8 Å². The van der Waals surface area contributed by atoms with Crippen LogP contribution in [0.1, 0.15) is 11.1 Å². The van der Waals surface area contributed by atoms with Crippen molar-refractivity contribution < 1.29 is 19.2 Å². The quantitative estimate of drug-likeness (QED) is 0.292. The fourth-order valence-corrected chi connectivity index (χ4v) is 3.03. The van der Waals surface area contributed by atoms with E-state index in [9.17, 15) is 20.0 Å². The van der Waals surface area contributed by atoms with Crippen molar-refractivity contribution in [3.05, 3.63) is 92.6 Å². The Morgan fingerprint density at radius 3 is 2.63 bits per heavy atom. The molecule has 2 heterocycles. The van der Waals surface area contributed by atoms with Crippen molar-refractivity contribution in [2.45, 2.75) is 12.8 Å². The van der Waals surface area contributed by atoms with Gasteiger partial charge in [-0.05, 0) is 36.6 Å². The largest absolute Gasteiger partial charge is 0.507 e. The molecule has 0 aliphatic rings. The molecule has 0 atom stereocenters. The van der Waals surface area contributed by atoms with Gasteiger partial charge in [-0.2, -0.15) is 0 Å². The third kappa shape index (κ3) is 3.95. The minimum atomic E-state index is -0.682. The molecule has 0 amide bonds. The van der Waals surface area contributed by atoms with Crippen LogP contribution in [0.3, 0.4) is 0 Å². The second kappa shape index (κ2) is 8.00. The van der Waals surface area contributed by atoms with Crippen molar-refractivity contribution in [2.75, 3.05) is 0 Å². The number of aromatic nitrogens is 2. The molecule has 0 radical (unpaired) electrons. The zero-order valence-corrected chi connectivity index (χ0v) is 15.5. The zero-order chi connectivity index (χ0) is 21.1. The Morgan fingerprint density at radius 1 is 1.07 bits per heavy atom. The molecule has 2 aromatic heterocycles. The summed E-state index contributed by atoms with van der Waals surface area (Å²) >= 11 is 0. The molecule has 1 N–H and O–H groups in total.